The van der Waals surface area contributed by atoms with Gasteiger partial charge in [0.25, 0.3) is 0 Å². The first kappa shape index (κ1) is 23.5. The van der Waals surface area contributed by atoms with Crippen molar-refractivity contribution in [2.75, 3.05) is 10.6 Å². The minimum atomic E-state index is -3.69. The molecular weight excluding hydrogens is 420 g/mol. The van der Waals surface area contributed by atoms with E-state index in [1.165, 1.54) is 4.31 Å². The first-order valence-electron chi connectivity index (χ1n) is 10.6. The van der Waals surface area contributed by atoms with E-state index in [0.29, 0.717) is 18.8 Å². The average molecular weight is 451 g/mol. The van der Waals surface area contributed by atoms with Gasteiger partial charge in [-0.2, -0.15) is 0 Å². The molecule has 3 aromatic rings. The lowest BCUT2D eigenvalue weighted by Crippen LogP contribution is -2.49. The molecule has 168 valence electrons. The van der Waals surface area contributed by atoms with Gasteiger partial charge in [-0.05, 0) is 55.2 Å². The smallest absolute Gasteiger partial charge is 0.246 e. The Morgan fingerprint density at radius 2 is 1.25 bits per heavy atom. The van der Waals surface area contributed by atoms with Gasteiger partial charge in [-0.3, -0.25) is 9.10 Å². The number of carbonyl (C=O) groups is 1. The quantitative estimate of drug-likeness (QED) is 0.500. The lowest BCUT2D eigenvalue weighted by molar-refractivity contribution is -0.133. The number of hydrogen-bond donors (Lipinski definition) is 0. The van der Waals surface area contributed by atoms with Crippen LogP contribution in [0, 0.1) is 13.8 Å². The van der Waals surface area contributed by atoms with Gasteiger partial charge >= 0.3 is 0 Å². The predicted molar refractivity (Wildman–Crippen MR) is 130 cm³/mol. The van der Waals surface area contributed by atoms with Crippen LogP contribution in [0.3, 0.4) is 0 Å². The van der Waals surface area contributed by atoms with E-state index in [4.69, 9.17) is 0 Å². The van der Waals surface area contributed by atoms with Gasteiger partial charge in [0.1, 0.15) is 6.04 Å². The van der Waals surface area contributed by atoms with Crippen LogP contribution in [0.25, 0.3) is 0 Å². The van der Waals surface area contributed by atoms with Crippen molar-refractivity contribution in [3.8, 4) is 0 Å². The van der Waals surface area contributed by atoms with Crippen molar-refractivity contribution < 1.29 is 13.2 Å². The maximum atomic E-state index is 13.7. The van der Waals surface area contributed by atoms with Crippen LogP contribution < -0.4 is 4.31 Å². The summed E-state index contributed by atoms with van der Waals surface area (Å²) in [6.07, 6.45) is 1.15. The van der Waals surface area contributed by atoms with Crippen LogP contribution >= 0.6 is 0 Å². The number of anilines is 1. The topological polar surface area (TPSA) is 57.7 Å². The SMILES string of the molecule is Cc1cc(C)cc(N([C@H](C)C(=O)N(Cc2ccccc2)Cc2ccccc2)S(C)(=O)=O)c1. The minimum Gasteiger partial charge on any atom is -0.332 e. The Hall–Kier alpha value is -3.12. The van der Waals surface area contributed by atoms with Gasteiger partial charge < -0.3 is 4.90 Å². The van der Waals surface area contributed by atoms with Gasteiger partial charge in [0.2, 0.25) is 15.9 Å². The molecule has 0 unspecified atom stereocenters. The molecule has 0 radical (unpaired) electrons. The summed E-state index contributed by atoms with van der Waals surface area (Å²) >= 11 is 0. The molecular formula is C26H30N2O3S. The van der Waals surface area contributed by atoms with Crippen LogP contribution in [0.15, 0.2) is 78.9 Å². The molecule has 0 fully saturated rings. The molecule has 0 aliphatic rings. The van der Waals surface area contributed by atoms with Crippen LogP contribution in [-0.2, 0) is 27.9 Å². The Balaban J connectivity index is 1.98. The van der Waals surface area contributed by atoms with Crippen LogP contribution in [0.5, 0.6) is 0 Å². The molecule has 1 amide bonds. The second kappa shape index (κ2) is 10.0. The van der Waals surface area contributed by atoms with Crippen LogP contribution in [0.2, 0.25) is 0 Å². The molecule has 0 heterocycles. The Bertz CT molecular complexity index is 1100. The fraction of sp³-hybridized carbons (Fsp3) is 0.269. The molecule has 0 aromatic heterocycles. The monoisotopic (exact) mass is 450 g/mol. The highest BCUT2D eigenvalue weighted by Gasteiger charge is 2.32. The highest BCUT2D eigenvalue weighted by Crippen LogP contribution is 2.25. The number of rotatable bonds is 8. The number of aryl methyl sites for hydroxylation is 2. The van der Waals surface area contributed by atoms with Crippen molar-refractivity contribution in [2.24, 2.45) is 0 Å². The Morgan fingerprint density at radius 1 is 0.812 bits per heavy atom. The third kappa shape index (κ3) is 5.98. The second-order valence-corrected chi connectivity index (χ2v) is 10.1. The van der Waals surface area contributed by atoms with Crippen molar-refractivity contribution >= 4 is 21.6 Å². The summed E-state index contributed by atoms with van der Waals surface area (Å²) in [5.74, 6) is -0.248. The molecule has 3 rings (SSSR count). The lowest BCUT2D eigenvalue weighted by Gasteiger charge is -2.33. The van der Waals surface area contributed by atoms with Crippen molar-refractivity contribution in [3.05, 3.63) is 101 Å². The molecule has 0 aliphatic heterocycles. The summed E-state index contributed by atoms with van der Waals surface area (Å²) < 4.78 is 26.8. The molecule has 0 aliphatic carbocycles. The van der Waals surface area contributed by atoms with E-state index < -0.39 is 16.1 Å². The van der Waals surface area contributed by atoms with Crippen LogP contribution in [0.1, 0.15) is 29.2 Å². The maximum Gasteiger partial charge on any atom is 0.246 e. The molecule has 0 bridgehead atoms. The first-order valence-corrected chi connectivity index (χ1v) is 12.4. The van der Waals surface area contributed by atoms with Gasteiger partial charge in [0, 0.05) is 13.1 Å². The van der Waals surface area contributed by atoms with Crippen molar-refractivity contribution in [2.45, 2.75) is 39.9 Å². The zero-order valence-electron chi connectivity index (χ0n) is 19.0. The molecule has 0 spiro atoms. The highest BCUT2D eigenvalue weighted by atomic mass is 32.2. The number of sulfonamides is 1. The number of amides is 1. The van der Waals surface area contributed by atoms with Crippen molar-refractivity contribution in [1.82, 2.24) is 4.90 Å². The van der Waals surface area contributed by atoms with Crippen LogP contribution in [-0.4, -0.2) is 31.5 Å². The fourth-order valence-corrected chi connectivity index (χ4v) is 5.12. The predicted octanol–water partition coefficient (Wildman–Crippen LogP) is 4.69. The summed E-state index contributed by atoms with van der Waals surface area (Å²) in [6, 6.07) is 24.2. The van der Waals surface area contributed by atoms with E-state index in [0.717, 1.165) is 28.5 Å². The maximum absolute atomic E-state index is 13.7. The number of hydrogen-bond acceptors (Lipinski definition) is 3. The second-order valence-electron chi connectivity index (χ2n) is 8.25. The van der Waals surface area contributed by atoms with E-state index in [2.05, 4.69) is 0 Å². The van der Waals surface area contributed by atoms with E-state index in [9.17, 15) is 13.2 Å². The Labute approximate surface area is 191 Å². The van der Waals surface area contributed by atoms with Gasteiger partial charge in [-0.1, -0.05) is 66.7 Å². The average Bonchev–Trinajstić information content (AvgIpc) is 2.72. The summed E-state index contributed by atoms with van der Waals surface area (Å²) in [5.41, 5.74) is 4.37. The summed E-state index contributed by atoms with van der Waals surface area (Å²) in [7, 11) is -3.69. The summed E-state index contributed by atoms with van der Waals surface area (Å²) in [5, 5.41) is 0. The summed E-state index contributed by atoms with van der Waals surface area (Å²) in [4.78, 5) is 15.4. The molecule has 0 saturated carbocycles. The largest absolute Gasteiger partial charge is 0.332 e. The normalized spacial score (nSPS) is 12.2. The zero-order chi connectivity index (χ0) is 23.3. The Kier molecular flexibility index (Phi) is 7.36. The van der Waals surface area contributed by atoms with Crippen molar-refractivity contribution in [1.29, 1.82) is 0 Å². The highest BCUT2D eigenvalue weighted by molar-refractivity contribution is 7.92. The number of carbonyl (C=O) groups excluding carboxylic acids is 1. The zero-order valence-corrected chi connectivity index (χ0v) is 19.8. The van der Waals surface area contributed by atoms with Gasteiger partial charge in [-0.15, -0.1) is 0 Å². The molecule has 6 heteroatoms. The molecule has 3 aromatic carbocycles. The first-order chi connectivity index (χ1) is 15.1. The molecule has 5 nitrogen and oxygen atoms in total. The van der Waals surface area contributed by atoms with E-state index in [1.54, 1.807) is 24.0 Å². The third-order valence-corrected chi connectivity index (χ3v) is 6.51. The van der Waals surface area contributed by atoms with Crippen molar-refractivity contribution in [3.63, 3.8) is 0 Å². The van der Waals surface area contributed by atoms with E-state index in [-0.39, 0.29) is 5.91 Å². The molecule has 32 heavy (non-hydrogen) atoms. The van der Waals surface area contributed by atoms with Gasteiger partial charge in [0.15, 0.2) is 0 Å². The third-order valence-electron chi connectivity index (χ3n) is 5.27. The molecule has 0 N–H and O–H groups in total. The number of nitrogens with zero attached hydrogens (tertiary/aromatic N) is 2. The van der Waals surface area contributed by atoms with Gasteiger partial charge in [-0.25, -0.2) is 8.42 Å². The molecule has 0 saturated heterocycles. The molecule has 1 atom stereocenters. The fourth-order valence-electron chi connectivity index (χ4n) is 3.96. The Morgan fingerprint density at radius 3 is 1.66 bits per heavy atom. The number of benzene rings is 3. The van der Waals surface area contributed by atoms with Gasteiger partial charge in [0.05, 0.1) is 11.9 Å². The lowest BCUT2D eigenvalue weighted by atomic mass is 10.1. The summed E-state index contributed by atoms with van der Waals surface area (Å²) in [6.45, 7) is 6.28. The minimum absolute atomic E-state index is 0.248. The van der Waals surface area contributed by atoms with Crippen LogP contribution in [0.4, 0.5) is 5.69 Å². The van der Waals surface area contributed by atoms with E-state index in [1.807, 2.05) is 80.6 Å². The van der Waals surface area contributed by atoms with E-state index >= 15 is 0 Å². The standard InChI is InChI=1S/C26H30N2O3S/c1-20-15-21(2)17-25(16-20)28(32(4,30)31)22(3)26(29)27(18-23-11-7-5-8-12-23)19-24-13-9-6-10-14-24/h5-17,22H,18-19H2,1-4H3/t22-/m1/s1.